The van der Waals surface area contributed by atoms with Crippen LogP contribution in [0.3, 0.4) is 0 Å². The van der Waals surface area contributed by atoms with Crippen LogP contribution in [0.2, 0.25) is 0 Å². The van der Waals surface area contributed by atoms with Crippen LogP contribution in [-0.4, -0.2) is 25.8 Å². The Balaban J connectivity index is 2.23. The van der Waals surface area contributed by atoms with Crippen molar-refractivity contribution < 1.29 is 8.42 Å². The van der Waals surface area contributed by atoms with E-state index in [1.54, 1.807) is 15.8 Å². The summed E-state index contributed by atoms with van der Waals surface area (Å²) >= 11 is 1.41. The highest BCUT2D eigenvalue weighted by Crippen LogP contribution is 2.26. The van der Waals surface area contributed by atoms with Gasteiger partial charge < -0.3 is 5.73 Å². The fraction of sp³-hybridized carbons (Fsp3) is 0.636. The molecule has 1 fully saturated rings. The Hall–Kier alpha value is -0.430. The van der Waals surface area contributed by atoms with Crippen LogP contribution in [0.15, 0.2) is 16.3 Å². The zero-order chi connectivity index (χ0) is 12.5. The van der Waals surface area contributed by atoms with Crippen LogP contribution < -0.4 is 5.73 Å². The SMILES string of the molecule is CC1CCCN(S(=O)(=O)c2csc(CN)c2)C1. The van der Waals surface area contributed by atoms with Crippen molar-refractivity contribution in [3.05, 3.63) is 16.3 Å². The maximum atomic E-state index is 12.4. The van der Waals surface area contributed by atoms with Crippen LogP contribution in [0.1, 0.15) is 24.6 Å². The largest absolute Gasteiger partial charge is 0.326 e. The normalized spacial score (nSPS) is 22.8. The molecule has 1 aliphatic heterocycles. The Bertz CT molecular complexity index is 481. The van der Waals surface area contributed by atoms with Gasteiger partial charge in [-0.1, -0.05) is 6.92 Å². The van der Waals surface area contributed by atoms with E-state index in [4.69, 9.17) is 5.73 Å². The van der Waals surface area contributed by atoms with Gasteiger partial charge in [-0.05, 0) is 24.8 Å². The summed E-state index contributed by atoms with van der Waals surface area (Å²) in [6.45, 7) is 3.77. The van der Waals surface area contributed by atoms with E-state index < -0.39 is 10.0 Å². The number of piperidine rings is 1. The molecule has 0 aromatic carbocycles. The van der Waals surface area contributed by atoms with Crippen molar-refractivity contribution in [2.24, 2.45) is 11.7 Å². The summed E-state index contributed by atoms with van der Waals surface area (Å²) in [6, 6.07) is 1.69. The first-order chi connectivity index (χ1) is 8.04. The van der Waals surface area contributed by atoms with Gasteiger partial charge in [0, 0.05) is 29.9 Å². The lowest BCUT2D eigenvalue weighted by atomic mass is 10.0. The smallest absolute Gasteiger partial charge is 0.243 e. The summed E-state index contributed by atoms with van der Waals surface area (Å²) in [5.41, 5.74) is 5.51. The predicted octanol–water partition coefficient (Wildman–Crippen LogP) is 1.63. The molecule has 0 radical (unpaired) electrons. The number of hydrogen-bond acceptors (Lipinski definition) is 4. The monoisotopic (exact) mass is 274 g/mol. The minimum absolute atomic E-state index is 0.399. The Kier molecular flexibility index (Phi) is 3.87. The molecule has 1 aromatic rings. The molecule has 1 aliphatic rings. The van der Waals surface area contributed by atoms with Gasteiger partial charge in [-0.2, -0.15) is 4.31 Å². The van der Waals surface area contributed by atoms with Crippen molar-refractivity contribution in [3.63, 3.8) is 0 Å². The van der Waals surface area contributed by atoms with Gasteiger partial charge in [0.25, 0.3) is 0 Å². The highest BCUT2D eigenvalue weighted by molar-refractivity contribution is 7.89. The van der Waals surface area contributed by atoms with Gasteiger partial charge >= 0.3 is 0 Å². The Morgan fingerprint density at radius 2 is 2.35 bits per heavy atom. The molecule has 1 unspecified atom stereocenters. The summed E-state index contributed by atoms with van der Waals surface area (Å²) in [5, 5.41) is 1.69. The number of rotatable bonds is 3. The van der Waals surface area contributed by atoms with Crippen LogP contribution in [0.25, 0.3) is 0 Å². The zero-order valence-electron chi connectivity index (χ0n) is 9.93. The second-order valence-corrected chi connectivity index (χ2v) is 7.50. The molecular formula is C11H18N2O2S2. The molecule has 0 bridgehead atoms. The number of nitrogens with zero attached hydrogens (tertiary/aromatic N) is 1. The van der Waals surface area contributed by atoms with Crippen molar-refractivity contribution in [2.45, 2.75) is 31.2 Å². The Labute approximate surface area is 106 Å². The fourth-order valence-electron chi connectivity index (χ4n) is 2.12. The quantitative estimate of drug-likeness (QED) is 0.911. The molecule has 96 valence electrons. The Morgan fingerprint density at radius 3 is 2.94 bits per heavy atom. The molecule has 1 aromatic heterocycles. The topological polar surface area (TPSA) is 63.4 Å². The maximum absolute atomic E-state index is 12.4. The van der Waals surface area contributed by atoms with Gasteiger partial charge in [0.1, 0.15) is 0 Å². The number of thiophene rings is 1. The second-order valence-electron chi connectivity index (χ2n) is 4.56. The molecule has 2 N–H and O–H groups in total. The van der Waals surface area contributed by atoms with E-state index in [0.29, 0.717) is 30.4 Å². The summed E-state index contributed by atoms with van der Waals surface area (Å²) in [4.78, 5) is 1.31. The van der Waals surface area contributed by atoms with Gasteiger partial charge in [0.2, 0.25) is 10.0 Å². The highest BCUT2D eigenvalue weighted by atomic mass is 32.2. The predicted molar refractivity (Wildman–Crippen MR) is 69.4 cm³/mol. The molecule has 0 saturated carbocycles. The summed E-state index contributed by atoms with van der Waals surface area (Å²) in [5.74, 6) is 0.450. The summed E-state index contributed by atoms with van der Waals surface area (Å²) in [7, 11) is -3.30. The average molecular weight is 274 g/mol. The van der Waals surface area contributed by atoms with Crippen LogP contribution >= 0.6 is 11.3 Å². The van der Waals surface area contributed by atoms with Gasteiger partial charge in [-0.15, -0.1) is 11.3 Å². The summed E-state index contributed by atoms with van der Waals surface area (Å²) < 4.78 is 26.3. The van der Waals surface area contributed by atoms with E-state index in [0.717, 1.165) is 17.7 Å². The molecule has 0 aliphatic carbocycles. The van der Waals surface area contributed by atoms with E-state index in [1.165, 1.54) is 11.3 Å². The Morgan fingerprint density at radius 1 is 1.59 bits per heavy atom. The van der Waals surface area contributed by atoms with Gasteiger partial charge in [-0.25, -0.2) is 8.42 Å². The first kappa shape index (κ1) is 13.0. The third-order valence-corrected chi connectivity index (χ3v) is 6.04. The molecular weight excluding hydrogens is 256 g/mol. The third kappa shape index (κ3) is 2.70. The van der Waals surface area contributed by atoms with Crippen molar-refractivity contribution in [1.29, 1.82) is 0 Å². The molecule has 1 atom stereocenters. The van der Waals surface area contributed by atoms with Crippen molar-refractivity contribution in [3.8, 4) is 0 Å². The van der Waals surface area contributed by atoms with E-state index >= 15 is 0 Å². The first-order valence-corrected chi connectivity index (χ1v) is 8.13. The van der Waals surface area contributed by atoms with Crippen molar-refractivity contribution in [1.82, 2.24) is 4.31 Å². The summed E-state index contributed by atoms with van der Waals surface area (Å²) in [6.07, 6.45) is 2.07. The lowest BCUT2D eigenvalue weighted by Crippen LogP contribution is -2.38. The fourth-order valence-corrected chi connectivity index (χ4v) is 4.86. The minimum atomic E-state index is -3.30. The second kappa shape index (κ2) is 5.06. The van der Waals surface area contributed by atoms with E-state index in [9.17, 15) is 8.42 Å². The molecule has 17 heavy (non-hydrogen) atoms. The molecule has 4 nitrogen and oxygen atoms in total. The van der Waals surface area contributed by atoms with Gasteiger partial charge in [0.05, 0.1) is 4.90 Å². The van der Waals surface area contributed by atoms with Crippen molar-refractivity contribution in [2.75, 3.05) is 13.1 Å². The third-order valence-electron chi connectivity index (χ3n) is 3.09. The lowest BCUT2D eigenvalue weighted by molar-refractivity contribution is 0.281. The van der Waals surface area contributed by atoms with Gasteiger partial charge in [0.15, 0.2) is 0 Å². The molecule has 0 spiro atoms. The van der Waals surface area contributed by atoms with Crippen molar-refractivity contribution >= 4 is 21.4 Å². The molecule has 0 amide bonds. The maximum Gasteiger partial charge on any atom is 0.243 e. The molecule has 6 heteroatoms. The van der Waals surface area contributed by atoms with Gasteiger partial charge in [-0.3, -0.25) is 0 Å². The van der Waals surface area contributed by atoms with Crippen LogP contribution in [0.5, 0.6) is 0 Å². The molecule has 2 rings (SSSR count). The van der Waals surface area contributed by atoms with E-state index in [2.05, 4.69) is 6.92 Å². The number of nitrogens with two attached hydrogens (primary N) is 1. The van der Waals surface area contributed by atoms with E-state index in [-0.39, 0.29) is 0 Å². The van der Waals surface area contributed by atoms with E-state index in [1.807, 2.05) is 0 Å². The molecule has 1 saturated heterocycles. The van der Waals surface area contributed by atoms with Crippen LogP contribution in [0, 0.1) is 5.92 Å². The number of hydrogen-bond donors (Lipinski definition) is 1. The average Bonchev–Trinajstić information content (AvgIpc) is 2.78. The lowest BCUT2D eigenvalue weighted by Gasteiger charge is -2.29. The minimum Gasteiger partial charge on any atom is -0.326 e. The zero-order valence-corrected chi connectivity index (χ0v) is 11.6. The van der Waals surface area contributed by atoms with Crippen LogP contribution in [0.4, 0.5) is 0 Å². The standard InChI is InChI=1S/C11H18N2O2S2/c1-9-3-2-4-13(7-9)17(14,15)11-5-10(6-12)16-8-11/h5,8-9H,2-4,6-7,12H2,1H3. The first-order valence-electron chi connectivity index (χ1n) is 5.81. The molecule has 2 heterocycles. The van der Waals surface area contributed by atoms with Crippen LogP contribution in [-0.2, 0) is 16.6 Å². The highest BCUT2D eigenvalue weighted by Gasteiger charge is 2.29. The number of sulfonamides is 1.